The molecule has 148 valence electrons. The molecule has 0 atom stereocenters. The van der Waals surface area contributed by atoms with Crippen molar-refractivity contribution in [2.24, 2.45) is 0 Å². The summed E-state index contributed by atoms with van der Waals surface area (Å²) in [6, 6.07) is 1.21. The first-order valence-corrected chi connectivity index (χ1v) is 9.15. The molecule has 1 aromatic heterocycles. The average molecular weight is 436 g/mol. The van der Waals surface area contributed by atoms with Gasteiger partial charge < -0.3 is 19.5 Å². The number of aromatic carboxylic acids is 1. The van der Waals surface area contributed by atoms with Crippen LogP contribution in [-0.2, 0) is 6.54 Å². The van der Waals surface area contributed by atoms with Crippen LogP contribution in [0.15, 0.2) is 22.0 Å². The van der Waals surface area contributed by atoms with E-state index in [0.29, 0.717) is 23.5 Å². The van der Waals surface area contributed by atoms with Crippen LogP contribution in [0, 0.1) is 5.82 Å². The zero-order chi connectivity index (χ0) is 17.7. The second-order valence-corrected chi connectivity index (χ2v) is 7.55. The number of carboxylic acids is 1. The fourth-order valence-electron chi connectivity index (χ4n) is 3.52. The minimum Gasteiger partial charge on any atom is -0.477 e. The van der Waals surface area contributed by atoms with Crippen LogP contribution in [0.25, 0.3) is 10.9 Å². The average Bonchev–Trinajstić information content (AvgIpc) is 2.58. The molecular weight excluding hydrogens is 416 g/mol. The summed E-state index contributed by atoms with van der Waals surface area (Å²) in [5.41, 5.74) is 0.270. The SMILES string of the molecule is CN1CCN(c2c(F)cc3c(=O)c(C(=O)O)cn4c3c2SCC4)CC1.Cl.Cl. The van der Waals surface area contributed by atoms with Crippen molar-refractivity contribution in [3.63, 3.8) is 0 Å². The summed E-state index contributed by atoms with van der Waals surface area (Å²) in [6.45, 7) is 3.76. The number of carbonyl (C=O) groups is 1. The van der Waals surface area contributed by atoms with Crippen molar-refractivity contribution in [3.05, 3.63) is 33.9 Å². The lowest BCUT2D eigenvalue weighted by Crippen LogP contribution is -2.45. The van der Waals surface area contributed by atoms with E-state index in [1.165, 1.54) is 24.0 Å². The summed E-state index contributed by atoms with van der Waals surface area (Å²) < 4.78 is 16.7. The van der Waals surface area contributed by atoms with E-state index >= 15 is 0 Å². The third-order valence-corrected chi connectivity index (χ3v) is 5.93. The van der Waals surface area contributed by atoms with E-state index in [1.54, 1.807) is 4.57 Å². The molecule has 4 rings (SSSR count). The van der Waals surface area contributed by atoms with Crippen molar-refractivity contribution in [2.45, 2.75) is 11.4 Å². The largest absolute Gasteiger partial charge is 0.477 e. The van der Waals surface area contributed by atoms with Crippen molar-refractivity contribution in [3.8, 4) is 0 Å². The Hall–Kier alpha value is -1.48. The molecule has 1 aromatic carbocycles. The highest BCUT2D eigenvalue weighted by atomic mass is 35.5. The van der Waals surface area contributed by atoms with E-state index in [4.69, 9.17) is 0 Å². The number of nitrogens with zero attached hydrogens (tertiary/aromatic N) is 3. The second kappa shape index (κ2) is 8.26. The predicted octanol–water partition coefficient (Wildman–Crippen LogP) is 2.54. The molecule has 0 radical (unpaired) electrons. The van der Waals surface area contributed by atoms with Crippen LogP contribution in [0.2, 0.25) is 0 Å². The number of halogens is 3. The third-order valence-electron chi connectivity index (χ3n) is 4.87. The van der Waals surface area contributed by atoms with Crippen LogP contribution in [0.1, 0.15) is 10.4 Å². The summed E-state index contributed by atoms with van der Waals surface area (Å²) in [7, 11) is 2.04. The molecule has 6 nitrogen and oxygen atoms in total. The highest BCUT2D eigenvalue weighted by Crippen LogP contribution is 2.41. The lowest BCUT2D eigenvalue weighted by molar-refractivity contribution is 0.0695. The van der Waals surface area contributed by atoms with Gasteiger partial charge in [0.15, 0.2) is 0 Å². The Balaban J connectivity index is 0.00000131. The Morgan fingerprint density at radius 3 is 2.48 bits per heavy atom. The van der Waals surface area contributed by atoms with Gasteiger partial charge in [-0.05, 0) is 13.1 Å². The van der Waals surface area contributed by atoms with Gasteiger partial charge in [-0.2, -0.15) is 0 Å². The zero-order valence-electron chi connectivity index (χ0n) is 14.6. The standard InChI is InChI=1S/C17H18FN3O3S.2ClH/c1-19-2-4-20(5-3-19)14-12(18)8-10-13-16(14)25-7-6-21(13)9-11(15(10)22)17(23)24;;/h8-9H,2-7H2,1H3,(H,23,24);2*1H. The topological polar surface area (TPSA) is 65.8 Å². The van der Waals surface area contributed by atoms with Gasteiger partial charge in [-0.15, -0.1) is 36.6 Å². The molecule has 0 aliphatic carbocycles. The van der Waals surface area contributed by atoms with Gasteiger partial charge in [-0.3, -0.25) is 4.79 Å². The Bertz CT molecular complexity index is 945. The van der Waals surface area contributed by atoms with Crippen molar-refractivity contribution in [1.82, 2.24) is 9.47 Å². The van der Waals surface area contributed by atoms with Crippen LogP contribution in [0.4, 0.5) is 10.1 Å². The summed E-state index contributed by atoms with van der Waals surface area (Å²) in [6.07, 6.45) is 1.39. The van der Waals surface area contributed by atoms with Gasteiger partial charge in [-0.1, -0.05) is 0 Å². The van der Waals surface area contributed by atoms with Gasteiger partial charge in [0.2, 0.25) is 5.43 Å². The van der Waals surface area contributed by atoms with Gasteiger partial charge in [0.25, 0.3) is 0 Å². The first kappa shape index (κ1) is 21.8. The molecular formula is C17H20Cl2FN3O3S. The molecule has 10 heteroatoms. The highest BCUT2D eigenvalue weighted by Gasteiger charge is 2.28. The van der Waals surface area contributed by atoms with Gasteiger partial charge >= 0.3 is 5.97 Å². The Kier molecular flexibility index (Phi) is 6.68. The number of pyridine rings is 1. The fourth-order valence-corrected chi connectivity index (χ4v) is 4.74. The molecule has 27 heavy (non-hydrogen) atoms. The quantitative estimate of drug-likeness (QED) is 0.781. The van der Waals surface area contributed by atoms with Gasteiger partial charge in [0.1, 0.15) is 11.4 Å². The number of piperazine rings is 1. The molecule has 1 saturated heterocycles. The van der Waals surface area contributed by atoms with Crippen molar-refractivity contribution in [2.75, 3.05) is 43.9 Å². The molecule has 2 aliphatic heterocycles. The molecule has 2 aromatic rings. The molecule has 0 amide bonds. The third kappa shape index (κ3) is 3.63. The molecule has 2 aliphatic rings. The van der Waals surface area contributed by atoms with Gasteiger partial charge in [0, 0.05) is 44.7 Å². The number of likely N-dealkylation sites (N-methyl/N-ethyl adjacent to an activating group) is 1. The van der Waals surface area contributed by atoms with Crippen LogP contribution in [0.3, 0.4) is 0 Å². The molecule has 1 N–H and O–H groups in total. The number of anilines is 1. The minimum atomic E-state index is -1.28. The fraction of sp³-hybridized carbons (Fsp3) is 0.412. The van der Waals surface area contributed by atoms with Crippen molar-refractivity contribution < 1.29 is 14.3 Å². The molecule has 3 heterocycles. The molecule has 1 fully saturated rings. The lowest BCUT2D eigenvalue weighted by atomic mass is 10.1. The second-order valence-electron chi connectivity index (χ2n) is 6.44. The maximum Gasteiger partial charge on any atom is 0.341 e. The molecule has 0 saturated carbocycles. The summed E-state index contributed by atoms with van der Waals surface area (Å²) >= 11 is 1.54. The first-order chi connectivity index (χ1) is 12.0. The van der Waals surface area contributed by atoms with Crippen LogP contribution < -0.4 is 10.3 Å². The summed E-state index contributed by atoms with van der Waals surface area (Å²) in [5, 5.41) is 9.41. The molecule has 0 bridgehead atoms. The number of aromatic nitrogens is 1. The maximum absolute atomic E-state index is 15.0. The Morgan fingerprint density at radius 2 is 1.85 bits per heavy atom. The van der Waals surface area contributed by atoms with Crippen molar-refractivity contribution in [1.29, 1.82) is 0 Å². The Labute approximate surface area is 172 Å². The minimum absolute atomic E-state index is 0. The normalized spacial score (nSPS) is 16.6. The van der Waals surface area contributed by atoms with E-state index in [0.717, 1.165) is 31.1 Å². The zero-order valence-corrected chi connectivity index (χ0v) is 17.1. The van der Waals surface area contributed by atoms with Gasteiger partial charge in [0.05, 0.1) is 21.5 Å². The lowest BCUT2D eigenvalue weighted by Gasteiger charge is -2.36. The van der Waals surface area contributed by atoms with Gasteiger partial charge in [-0.25, -0.2) is 9.18 Å². The van der Waals surface area contributed by atoms with E-state index in [1.807, 2.05) is 11.9 Å². The number of rotatable bonds is 2. The summed E-state index contributed by atoms with van der Waals surface area (Å²) in [5.74, 6) is -1.01. The number of benzene rings is 1. The number of hydrogen-bond acceptors (Lipinski definition) is 5. The van der Waals surface area contributed by atoms with Crippen molar-refractivity contribution >= 4 is 59.1 Å². The number of carboxylic acid groups (broad SMARTS) is 1. The molecule has 0 spiro atoms. The predicted molar refractivity (Wildman–Crippen MR) is 110 cm³/mol. The number of hydrogen-bond donors (Lipinski definition) is 1. The maximum atomic E-state index is 15.0. The first-order valence-electron chi connectivity index (χ1n) is 8.16. The number of thioether (sulfide) groups is 1. The smallest absolute Gasteiger partial charge is 0.341 e. The van der Waals surface area contributed by atoms with Crippen LogP contribution in [0.5, 0.6) is 0 Å². The number of aryl methyl sites for hydroxylation is 1. The summed E-state index contributed by atoms with van der Waals surface area (Å²) in [4.78, 5) is 28.8. The Morgan fingerprint density at radius 1 is 1.19 bits per heavy atom. The monoisotopic (exact) mass is 435 g/mol. The van der Waals surface area contributed by atoms with E-state index in [2.05, 4.69) is 4.90 Å². The van der Waals surface area contributed by atoms with E-state index < -0.39 is 17.2 Å². The van der Waals surface area contributed by atoms with Crippen LogP contribution >= 0.6 is 36.6 Å². The van der Waals surface area contributed by atoms with E-state index in [9.17, 15) is 19.1 Å². The highest BCUT2D eigenvalue weighted by molar-refractivity contribution is 7.99. The van der Waals surface area contributed by atoms with Crippen LogP contribution in [-0.4, -0.2) is 59.5 Å². The molecule has 0 unspecified atom stereocenters. The van der Waals surface area contributed by atoms with E-state index in [-0.39, 0.29) is 35.8 Å².